The van der Waals surface area contributed by atoms with Gasteiger partial charge in [0.05, 0.1) is 6.20 Å². The molecule has 2 aromatic rings. The maximum atomic E-state index is 4.46. The van der Waals surface area contributed by atoms with Crippen molar-refractivity contribution in [2.75, 3.05) is 20.1 Å². The van der Waals surface area contributed by atoms with Crippen LogP contribution in [0.25, 0.3) is 11.4 Å². The summed E-state index contributed by atoms with van der Waals surface area (Å²) in [5.74, 6) is 1.79. The Hall–Kier alpha value is -1.20. The first kappa shape index (κ1) is 11.9. The van der Waals surface area contributed by atoms with Gasteiger partial charge in [0.1, 0.15) is 5.82 Å². The Balaban J connectivity index is 1.75. The second-order valence-corrected chi connectivity index (χ2v) is 5.74. The van der Waals surface area contributed by atoms with Crippen LogP contribution in [0, 0.1) is 5.92 Å². The fourth-order valence-electron chi connectivity index (χ4n) is 2.73. The fraction of sp³-hybridized carbons (Fsp3) is 0.538. The number of piperidine rings is 1. The summed E-state index contributed by atoms with van der Waals surface area (Å²) < 4.78 is 6.43. The average Bonchev–Trinajstić information content (AvgIpc) is 2.98. The highest BCUT2D eigenvalue weighted by Crippen LogP contribution is 2.22. The predicted molar refractivity (Wildman–Crippen MR) is 73.6 cm³/mol. The summed E-state index contributed by atoms with van der Waals surface area (Å²) in [6.45, 7) is 3.50. The molecule has 5 heteroatoms. The highest BCUT2D eigenvalue weighted by molar-refractivity contribution is 7.03. The molecule has 4 nitrogen and oxygen atoms in total. The van der Waals surface area contributed by atoms with Crippen LogP contribution in [0.2, 0.25) is 0 Å². The molecule has 0 amide bonds. The summed E-state index contributed by atoms with van der Waals surface area (Å²) in [6, 6.07) is 0. The van der Waals surface area contributed by atoms with E-state index < -0.39 is 0 Å². The van der Waals surface area contributed by atoms with Crippen molar-refractivity contribution in [2.24, 2.45) is 5.92 Å². The predicted octanol–water partition coefficient (Wildman–Crippen LogP) is 2.35. The van der Waals surface area contributed by atoms with E-state index in [9.17, 15) is 0 Å². The molecular formula is C13H18N4S. The maximum absolute atomic E-state index is 4.46. The van der Waals surface area contributed by atoms with Crippen LogP contribution in [0.5, 0.6) is 0 Å². The lowest BCUT2D eigenvalue weighted by Gasteiger charge is -2.30. The van der Waals surface area contributed by atoms with Gasteiger partial charge in [0.2, 0.25) is 0 Å². The minimum Gasteiger partial charge on any atom is -0.331 e. The summed E-state index contributed by atoms with van der Waals surface area (Å²) in [4.78, 5) is 6.89. The molecule has 3 heterocycles. The van der Waals surface area contributed by atoms with Crippen molar-refractivity contribution in [2.45, 2.75) is 19.4 Å². The lowest BCUT2D eigenvalue weighted by Crippen LogP contribution is -2.34. The Morgan fingerprint density at radius 2 is 2.44 bits per heavy atom. The van der Waals surface area contributed by atoms with E-state index >= 15 is 0 Å². The number of aromatic nitrogens is 3. The summed E-state index contributed by atoms with van der Waals surface area (Å²) in [5.41, 5.74) is 1.13. The Kier molecular flexibility index (Phi) is 3.43. The molecule has 1 fully saturated rings. The zero-order valence-electron chi connectivity index (χ0n) is 10.6. The molecule has 0 aliphatic carbocycles. The van der Waals surface area contributed by atoms with Gasteiger partial charge in [-0.15, -0.1) is 0 Å². The van der Waals surface area contributed by atoms with E-state index in [0.29, 0.717) is 0 Å². The molecule has 0 bridgehead atoms. The molecular weight excluding hydrogens is 244 g/mol. The normalized spacial score (nSPS) is 21.3. The fourth-order valence-corrected chi connectivity index (χ4v) is 3.25. The van der Waals surface area contributed by atoms with E-state index in [2.05, 4.69) is 37.4 Å². The van der Waals surface area contributed by atoms with Crippen LogP contribution in [0.3, 0.4) is 0 Å². The quantitative estimate of drug-likeness (QED) is 0.851. The van der Waals surface area contributed by atoms with Gasteiger partial charge in [-0.1, -0.05) is 0 Å². The molecule has 2 aromatic heterocycles. The van der Waals surface area contributed by atoms with Crippen molar-refractivity contribution in [1.82, 2.24) is 18.8 Å². The van der Waals surface area contributed by atoms with E-state index in [0.717, 1.165) is 23.9 Å². The van der Waals surface area contributed by atoms with Gasteiger partial charge in [-0.05, 0) is 43.9 Å². The number of hydrogen-bond acceptors (Lipinski definition) is 4. The number of rotatable bonds is 3. The minimum absolute atomic E-state index is 0.739. The number of imidazole rings is 1. The van der Waals surface area contributed by atoms with Crippen molar-refractivity contribution < 1.29 is 0 Å². The summed E-state index contributed by atoms with van der Waals surface area (Å²) >= 11 is 1.48. The number of hydrogen-bond donors (Lipinski definition) is 0. The van der Waals surface area contributed by atoms with Gasteiger partial charge in [-0.3, -0.25) is 0 Å². The van der Waals surface area contributed by atoms with Gasteiger partial charge >= 0.3 is 0 Å². The Bertz CT molecular complexity index is 491. The average molecular weight is 262 g/mol. The van der Waals surface area contributed by atoms with E-state index in [1.54, 1.807) is 0 Å². The van der Waals surface area contributed by atoms with Crippen molar-refractivity contribution in [3.05, 3.63) is 24.0 Å². The molecule has 1 aliphatic rings. The Morgan fingerprint density at radius 3 is 3.22 bits per heavy atom. The van der Waals surface area contributed by atoms with Gasteiger partial charge in [-0.25, -0.2) is 9.36 Å². The van der Waals surface area contributed by atoms with Crippen molar-refractivity contribution in [1.29, 1.82) is 0 Å². The molecule has 3 rings (SSSR count). The van der Waals surface area contributed by atoms with Crippen LogP contribution in [0.4, 0.5) is 0 Å². The first-order valence-electron chi connectivity index (χ1n) is 6.42. The van der Waals surface area contributed by atoms with Gasteiger partial charge in [0, 0.05) is 36.4 Å². The van der Waals surface area contributed by atoms with Crippen LogP contribution < -0.4 is 0 Å². The maximum Gasteiger partial charge on any atom is 0.142 e. The Morgan fingerprint density at radius 1 is 1.50 bits per heavy atom. The van der Waals surface area contributed by atoms with Crippen LogP contribution >= 0.6 is 11.5 Å². The zero-order chi connectivity index (χ0) is 12.4. The second-order valence-electron chi connectivity index (χ2n) is 5.09. The van der Waals surface area contributed by atoms with Crippen LogP contribution in [0.1, 0.15) is 12.8 Å². The second kappa shape index (κ2) is 5.20. The molecule has 0 radical (unpaired) electrons. The van der Waals surface area contributed by atoms with Gasteiger partial charge < -0.3 is 9.47 Å². The van der Waals surface area contributed by atoms with Crippen molar-refractivity contribution in [3.63, 3.8) is 0 Å². The van der Waals surface area contributed by atoms with Crippen LogP contribution in [-0.4, -0.2) is 39.0 Å². The van der Waals surface area contributed by atoms with E-state index in [4.69, 9.17) is 0 Å². The van der Waals surface area contributed by atoms with Crippen molar-refractivity contribution in [3.8, 4) is 11.4 Å². The zero-order valence-corrected chi connectivity index (χ0v) is 11.4. The van der Waals surface area contributed by atoms with Gasteiger partial charge in [0.15, 0.2) is 0 Å². The molecule has 1 saturated heterocycles. The van der Waals surface area contributed by atoms with Gasteiger partial charge in [0.25, 0.3) is 0 Å². The number of nitrogens with zero attached hydrogens (tertiary/aromatic N) is 4. The van der Waals surface area contributed by atoms with Crippen LogP contribution in [0.15, 0.2) is 24.0 Å². The molecule has 0 aromatic carbocycles. The van der Waals surface area contributed by atoms with Gasteiger partial charge in [-0.2, -0.15) is 0 Å². The third-order valence-electron chi connectivity index (χ3n) is 3.58. The molecule has 0 saturated carbocycles. The SMILES string of the molecule is CN1CCCC(Cn2ccnc2-c2cnsc2)C1. The molecule has 1 atom stereocenters. The molecule has 0 spiro atoms. The standard InChI is InChI=1S/C13H18N4S/c1-16-5-2-3-11(8-16)9-17-6-4-14-13(17)12-7-15-18-10-12/h4,6-7,10-11H,2-3,5,8-9H2,1H3. The highest BCUT2D eigenvalue weighted by Gasteiger charge is 2.19. The van der Waals surface area contributed by atoms with Crippen molar-refractivity contribution >= 4 is 11.5 Å². The lowest BCUT2D eigenvalue weighted by atomic mass is 9.98. The third kappa shape index (κ3) is 2.47. The molecule has 96 valence electrons. The molecule has 1 unspecified atom stereocenters. The largest absolute Gasteiger partial charge is 0.331 e. The van der Waals surface area contributed by atoms with Crippen LogP contribution in [-0.2, 0) is 6.54 Å². The first-order valence-corrected chi connectivity index (χ1v) is 7.26. The lowest BCUT2D eigenvalue weighted by molar-refractivity contribution is 0.195. The van der Waals surface area contributed by atoms with E-state index in [-0.39, 0.29) is 0 Å². The number of likely N-dealkylation sites (tertiary alicyclic amines) is 1. The van der Waals surface area contributed by atoms with E-state index in [1.807, 2.05) is 12.4 Å². The summed E-state index contributed by atoms with van der Waals surface area (Å²) in [5, 5.41) is 2.06. The smallest absolute Gasteiger partial charge is 0.142 e. The first-order chi connectivity index (χ1) is 8.83. The van der Waals surface area contributed by atoms with E-state index in [1.165, 1.54) is 37.5 Å². The molecule has 18 heavy (non-hydrogen) atoms. The molecule has 1 aliphatic heterocycles. The minimum atomic E-state index is 0.739. The monoisotopic (exact) mass is 262 g/mol. The Labute approximate surface area is 111 Å². The highest BCUT2D eigenvalue weighted by atomic mass is 32.1. The molecule has 0 N–H and O–H groups in total. The third-order valence-corrected chi connectivity index (χ3v) is 4.17. The topological polar surface area (TPSA) is 34.0 Å². The summed E-state index contributed by atoms with van der Waals surface area (Å²) in [7, 11) is 2.21. The summed E-state index contributed by atoms with van der Waals surface area (Å²) in [6.07, 6.45) is 8.51.